The summed E-state index contributed by atoms with van der Waals surface area (Å²) in [6.45, 7) is 4.32. The molecule has 1 N–H and O–H groups in total. The molecule has 0 unspecified atom stereocenters. The molecule has 0 spiro atoms. The molecule has 1 saturated heterocycles. The van der Waals surface area contributed by atoms with Gasteiger partial charge in [0.25, 0.3) is 0 Å². The Kier molecular flexibility index (Phi) is 2.48. The largest absolute Gasteiger partial charge is 0.359 e. The number of rotatable bonds is 2. The van der Waals surface area contributed by atoms with E-state index in [2.05, 4.69) is 17.4 Å². The van der Waals surface area contributed by atoms with Crippen LogP contribution < -0.4 is 5.32 Å². The van der Waals surface area contributed by atoms with Crippen LogP contribution in [0, 0.1) is 0 Å². The predicted octanol–water partition coefficient (Wildman–Crippen LogP) is 2.85. The summed E-state index contributed by atoms with van der Waals surface area (Å²) >= 11 is 6.41. The Bertz CT molecular complexity index is 392. The highest BCUT2D eigenvalue weighted by Gasteiger charge is 2.38. The smallest absolute Gasteiger partial charge is 0.158 e. The van der Waals surface area contributed by atoms with Crippen molar-refractivity contribution in [1.82, 2.24) is 10.5 Å². The van der Waals surface area contributed by atoms with E-state index in [1.807, 2.05) is 0 Å². The molecule has 88 valence electrons. The van der Waals surface area contributed by atoms with Crippen molar-refractivity contribution in [2.45, 2.75) is 43.9 Å². The Balaban J connectivity index is 1.92. The summed E-state index contributed by atoms with van der Waals surface area (Å²) in [6, 6.07) is 0. The van der Waals surface area contributed by atoms with Crippen molar-refractivity contribution in [1.29, 1.82) is 0 Å². The molecule has 2 aliphatic rings. The second-order valence-electron chi connectivity index (χ2n) is 5.29. The fourth-order valence-electron chi connectivity index (χ4n) is 2.48. The molecule has 1 aliphatic heterocycles. The van der Waals surface area contributed by atoms with Crippen molar-refractivity contribution in [2.24, 2.45) is 0 Å². The van der Waals surface area contributed by atoms with Gasteiger partial charge in [-0.25, -0.2) is 0 Å². The molecule has 1 aromatic heterocycles. The maximum absolute atomic E-state index is 6.41. The van der Waals surface area contributed by atoms with Crippen LogP contribution in [0.3, 0.4) is 0 Å². The van der Waals surface area contributed by atoms with Crippen LogP contribution in [0.2, 0.25) is 5.02 Å². The number of aromatic nitrogens is 1. The van der Waals surface area contributed by atoms with Gasteiger partial charge >= 0.3 is 0 Å². The van der Waals surface area contributed by atoms with Gasteiger partial charge in [-0.3, -0.25) is 0 Å². The lowest BCUT2D eigenvalue weighted by Crippen LogP contribution is -2.38. The molecule has 1 aliphatic carbocycles. The van der Waals surface area contributed by atoms with Crippen LogP contribution in [0.4, 0.5) is 0 Å². The zero-order valence-corrected chi connectivity index (χ0v) is 10.3. The lowest BCUT2D eigenvalue weighted by atomic mass is 9.78. The first kappa shape index (κ1) is 10.6. The Morgan fingerprint density at radius 2 is 2.06 bits per heavy atom. The SMILES string of the molecule is CC1(c2noc(C3CC3)c2Cl)CCNCC1. The molecule has 2 fully saturated rings. The molecule has 3 rings (SSSR count). The Morgan fingerprint density at radius 1 is 1.38 bits per heavy atom. The molecule has 0 aromatic carbocycles. The van der Waals surface area contributed by atoms with E-state index in [1.165, 1.54) is 12.8 Å². The third-order valence-corrected chi connectivity index (χ3v) is 4.25. The van der Waals surface area contributed by atoms with Gasteiger partial charge in [0.15, 0.2) is 5.76 Å². The Hall–Kier alpha value is -0.540. The van der Waals surface area contributed by atoms with Crippen LogP contribution in [0.5, 0.6) is 0 Å². The second-order valence-corrected chi connectivity index (χ2v) is 5.67. The molecular formula is C12H17ClN2O. The highest BCUT2D eigenvalue weighted by Crippen LogP contribution is 2.47. The number of halogens is 1. The number of hydrogen-bond donors (Lipinski definition) is 1. The van der Waals surface area contributed by atoms with Crippen LogP contribution in [0.15, 0.2) is 4.52 Å². The van der Waals surface area contributed by atoms with Crippen LogP contribution >= 0.6 is 11.6 Å². The molecule has 0 atom stereocenters. The van der Waals surface area contributed by atoms with Gasteiger partial charge in [0, 0.05) is 11.3 Å². The molecule has 4 heteroatoms. The molecule has 0 bridgehead atoms. The summed E-state index contributed by atoms with van der Waals surface area (Å²) in [5, 5.41) is 8.41. The van der Waals surface area contributed by atoms with E-state index in [0.717, 1.165) is 42.4 Å². The zero-order valence-electron chi connectivity index (χ0n) is 9.55. The van der Waals surface area contributed by atoms with Gasteiger partial charge in [-0.2, -0.15) is 0 Å². The first-order valence-electron chi connectivity index (χ1n) is 6.07. The van der Waals surface area contributed by atoms with Crippen molar-refractivity contribution in [2.75, 3.05) is 13.1 Å². The monoisotopic (exact) mass is 240 g/mol. The molecule has 2 heterocycles. The molecule has 0 radical (unpaired) electrons. The van der Waals surface area contributed by atoms with Crippen LogP contribution in [-0.4, -0.2) is 18.2 Å². The number of piperidine rings is 1. The summed E-state index contributed by atoms with van der Waals surface area (Å²) in [6.07, 6.45) is 4.58. The lowest BCUT2D eigenvalue weighted by molar-refractivity contribution is 0.301. The first-order valence-corrected chi connectivity index (χ1v) is 6.45. The third kappa shape index (κ3) is 1.66. The normalized spacial score (nSPS) is 24.6. The minimum atomic E-state index is 0.0962. The summed E-state index contributed by atoms with van der Waals surface area (Å²) in [5.74, 6) is 1.47. The molecule has 16 heavy (non-hydrogen) atoms. The topological polar surface area (TPSA) is 38.1 Å². The van der Waals surface area contributed by atoms with E-state index < -0.39 is 0 Å². The number of nitrogens with one attached hydrogen (secondary N) is 1. The Labute approximate surface area is 101 Å². The summed E-state index contributed by atoms with van der Waals surface area (Å²) < 4.78 is 5.44. The van der Waals surface area contributed by atoms with E-state index in [-0.39, 0.29) is 5.41 Å². The molecule has 1 saturated carbocycles. The maximum atomic E-state index is 6.41. The van der Waals surface area contributed by atoms with Gasteiger partial charge in [-0.15, -0.1) is 0 Å². The summed E-state index contributed by atoms with van der Waals surface area (Å²) in [4.78, 5) is 0. The van der Waals surface area contributed by atoms with Crippen molar-refractivity contribution in [3.05, 3.63) is 16.5 Å². The fourth-order valence-corrected chi connectivity index (χ4v) is 2.93. The van der Waals surface area contributed by atoms with Crippen molar-refractivity contribution < 1.29 is 4.52 Å². The van der Waals surface area contributed by atoms with E-state index in [4.69, 9.17) is 16.1 Å². The van der Waals surface area contributed by atoms with Crippen LogP contribution in [0.1, 0.15) is 50.0 Å². The maximum Gasteiger partial charge on any atom is 0.158 e. The average Bonchev–Trinajstić information content (AvgIpc) is 3.03. The number of hydrogen-bond acceptors (Lipinski definition) is 3. The van der Waals surface area contributed by atoms with Crippen molar-refractivity contribution in [3.8, 4) is 0 Å². The quantitative estimate of drug-likeness (QED) is 0.864. The zero-order chi connectivity index (χ0) is 11.2. The standard InChI is InChI=1S/C12H17ClN2O/c1-12(4-6-14-7-5-12)11-9(13)10(16-15-11)8-2-3-8/h8,14H,2-7H2,1H3. The van der Waals surface area contributed by atoms with E-state index >= 15 is 0 Å². The van der Waals surface area contributed by atoms with E-state index in [1.54, 1.807) is 0 Å². The van der Waals surface area contributed by atoms with Crippen LogP contribution in [-0.2, 0) is 5.41 Å². The minimum absolute atomic E-state index is 0.0962. The van der Waals surface area contributed by atoms with E-state index in [9.17, 15) is 0 Å². The van der Waals surface area contributed by atoms with Gasteiger partial charge < -0.3 is 9.84 Å². The van der Waals surface area contributed by atoms with Gasteiger partial charge in [0.2, 0.25) is 0 Å². The predicted molar refractivity (Wildman–Crippen MR) is 62.9 cm³/mol. The Morgan fingerprint density at radius 3 is 2.69 bits per heavy atom. The lowest BCUT2D eigenvalue weighted by Gasteiger charge is -2.32. The van der Waals surface area contributed by atoms with Crippen molar-refractivity contribution >= 4 is 11.6 Å². The van der Waals surface area contributed by atoms with Gasteiger partial charge in [0.1, 0.15) is 10.7 Å². The molecule has 3 nitrogen and oxygen atoms in total. The first-order chi connectivity index (χ1) is 7.71. The fraction of sp³-hybridized carbons (Fsp3) is 0.750. The van der Waals surface area contributed by atoms with Gasteiger partial charge in [0.05, 0.1) is 0 Å². The second kappa shape index (κ2) is 3.74. The van der Waals surface area contributed by atoms with E-state index in [0.29, 0.717) is 5.92 Å². The molecule has 0 amide bonds. The summed E-state index contributed by atoms with van der Waals surface area (Å²) in [7, 11) is 0. The average molecular weight is 241 g/mol. The highest BCUT2D eigenvalue weighted by atomic mass is 35.5. The minimum Gasteiger partial charge on any atom is -0.359 e. The number of nitrogens with zero attached hydrogens (tertiary/aromatic N) is 1. The molecular weight excluding hydrogens is 224 g/mol. The van der Waals surface area contributed by atoms with Crippen molar-refractivity contribution in [3.63, 3.8) is 0 Å². The van der Waals surface area contributed by atoms with Crippen LogP contribution in [0.25, 0.3) is 0 Å². The van der Waals surface area contributed by atoms with Gasteiger partial charge in [-0.05, 0) is 38.8 Å². The molecule has 1 aromatic rings. The summed E-state index contributed by atoms with van der Waals surface area (Å²) in [5.41, 5.74) is 1.08. The van der Waals surface area contributed by atoms with Gasteiger partial charge in [-0.1, -0.05) is 23.7 Å². The highest BCUT2D eigenvalue weighted by molar-refractivity contribution is 6.32. The third-order valence-electron chi connectivity index (χ3n) is 3.89.